The summed E-state index contributed by atoms with van der Waals surface area (Å²) < 4.78 is 0.881. The number of hydrogen-bond acceptors (Lipinski definition) is 2. The largest absolute Gasteiger partial charge is 0.618 e. The quantitative estimate of drug-likeness (QED) is 0.638. The van der Waals surface area contributed by atoms with Gasteiger partial charge in [-0.2, -0.15) is 4.73 Å². The molecular formula is C14H14Cl2N2O. The van der Waals surface area contributed by atoms with Crippen LogP contribution in [0.4, 0.5) is 0 Å². The predicted molar refractivity (Wildman–Crippen MR) is 77.4 cm³/mol. The summed E-state index contributed by atoms with van der Waals surface area (Å²) in [6.07, 6.45) is 2.81. The highest BCUT2D eigenvalue weighted by Gasteiger charge is 2.18. The van der Waals surface area contributed by atoms with Crippen molar-refractivity contribution in [1.82, 2.24) is 4.98 Å². The van der Waals surface area contributed by atoms with Gasteiger partial charge in [-0.05, 0) is 24.6 Å². The lowest BCUT2D eigenvalue weighted by molar-refractivity contribution is -0.614. The third-order valence-electron chi connectivity index (χ3n) is 2.94. The topological polar surface area (TPSA) is 39.8 Å². The summed E-state index contributed by atoms with van der Waals surface area (Å²) in [6.45, 7) is 3.88. The molecule has 1 aromatic carbocycles. The van der Waals surface area contributed by atoms with E-state index >= 15 is 0 Å². The van der Waals surface area contributed by atoms with Gasteiger partial charge in [0, 0.05) is 17.0 Å². The molecule has 0 amide bonds. The molecule has 0 fully saturated rings. The molecule has 0 saturated carbocycles. The lowest BCUT2D eigenvalue weighted by atomic mass is 10.1. The fourth-order valence-electron chi connectivity index (χ4n) is 1.95. The molecule has 100 valence electrons. The summed E-state index contributed by atoms with van der Waals surface area (Å²) in [5, 5.41) is 13.1. The summed E-state index contributed by atoms with van der Waals surface area (Å²) in [5.41, 5.74) is 2.73. The zero-order valence-corrected chi connectivity index (χ0v) is 12.3. The summed E-state index contributed by atoms with van der Waals surface area (Å²) in [7, 11) is 0. The molecule has 0 aliphatic carbocycles. The van der Waals surface area contributed by atoms with E-state index in [4.69, 9.17) is 23.2 Å². The van der Waals surface area contributed by atoms with Gasteiger partial charge in [-0.25, -0.2) is 4.98 Å². The van der Waals surface area contributed by atoms with E-state index < -0.39 is 0 Å². The van der Waals surface area contributed by atoms with Crippen molar-refractivity contribution in [1.29, 1.82) is 0 Å². The molecule has 19 heavy (non-hydrogen) atoms. The smallest absolute Gasteiger partial charge is 0.218 e. The zero-order valence-electron chi connectivity index (χ0n) is 10.8. The van der Waals surface area contributed by atoms with Gasteiger partial charge in [-0.1, -0.05) is 37.0 Å². The molecular weight excluding hydrogens is 283 g/mol. The Hall–Kier alpha value is -1.32. The average Bonchev–Trinajstić information content (AvgIpc) is 2.37. The number of rotatable bonds is 3. The third-order valence-corrected chi connectivity index (χ3v) is 3.49. The number of hydrogen-bond donors (Lipinski definition) is 0. The van der Waals surface area contributed by atoms with Gasteiger partial charge in [-0.15, -0.1) is 0 Å². The molecule has 0 radical (unpaired) electrons. The van der Waals surface area contributed by atoms with Crippen molar-refractivity contribution < 1.29 is 4.73 Å². The Bertz CT molecular complexity index is 615. The van der Waals surface area contributed by atoms with Gasteiger partial charge in [0.15, 0.2) is 0 Å². The summed E-state index contributed by atoms with van der Waals surface area (Å²) in [4.78, 5) is 4.54. The molecule has 0 saturated heterocycles. The molecule has 2 aromatic rings. The van der Waals surface area contributed by atoms with Crippen LogP contribution in [0.3, 0.4) is 0 Å². The summed E-state index contributed by atoms with van der Waals surface area (Å²) >= 11 is 12.1. The van der Waals surface area contributed by atoms with Gasteiger partial charge in [0.1, 0.15) is 11.4 Å². The van der Waals surface area contributed by atoms with Crippen LogP contribution < -0.4 is 4.73 Å². The van der Waals surface area contributed by atoms with Gasteiger partial charge in [0.25, 0.3) is 0 Å². The summed E-state index contributed by atoms with van der Waals surface area (Å²) in [5.74, 6) is 0. The molecule has 0 atom stereocenters. The average molecular weight is 297 g/mol. The van der Waals surface area contributed by atoms with Gasteiger partial charge >= 0.3 is 0 Å². The SMILES string of the molecule is CCc1c[n+]([O-])c(CC)c(-c2ccc(Cl)cc2Cl)n1. The van der Waals surface area contributed by atoms with Crippen LogP contribution >= 0.6 is 23.2 Å². The van der Waals surface area contributed by atoms with Crippen molar-refractivity contribution in [3.05, 3.63) is 51.0 Å². The highest BCUT2D eigenvalue weighted by Crippen LogP contribution is 2.30. The minimum Gasteiger partial charge on any atom is -0.618 e. The molecule has 3 nitrogen and oxygen atoms in total. The number of halogens is 2. The number of benzene rings is 1. The maximum atomic E-state index is 12.0. The third kappa shape index (κ3) is 2.82. The Morgan fingerprint density at radius 1 is 1.21 bits per heavy atom. The second kappa shape index (κ2) is 5.76. The van der Waals surface area contributed by atoms with Crippen LogP contribution in [0.1, 0.15) is 25.2 Å². The standard InChI is InChI=1S/C14H14Cl2N2O/c1-3-10-8-18(19)13(4-2)14(17-10)11-6-5-9(15)7-12(11)16/h5-8H,3-4H2,1-2H3. The lowest BCUT2D eigenvalue weighted by Crippen LogP contribution is -2.33. The first kappa shape index (κ1) is 14.1. The van der Waals surface area contributed by atoms with Gasteiger partial charge in [0.2, 0.25) is 11.9 Å². The molecule has 0 spiro atoms. The minimum atomic E-state index is 0.503. The lowest BCUT2D eigenvalue weighted by Gasteiger charge is -2.11. The highest BCUT2D eigenvalue weighted by molar-refractivity contribution is 6.36. The number of aryl methyl sites for hydroxylation is 1. The van der Waals surface area contributed by atoms with E-state index in [1.807, 2.05) is 13.8 Å². The van der Waals surface area contributed by atoms with Gasteiger partial charge in [-0.3, -0.25) is 0 Å². The minimum absolute atomic E-state index is 0.503. The number of nitrogens with zero attached hydrogens (tertiary/aromatic N) is 2. The van der Waals surface area contributed by atoms with Gasteiger partial charge < -0.3 is 5.21 Å². The molecule has 0 aliphatic heterocycles. The van der Waals surface area contributed by atoms with Crippen molar-refractivity contribution in [3.63, 3.8) is 0 Å². The zero-order chi connectivity index (χ0) is 14.0. The number of aromatic nitrogens is 2. The first-order valence-electron chi connectivity index (χ1n) is 6.14. The van der Waals surface area contributed by atoms with Crippen LogP contribution in [0.15, 0.2) is 24.4 Å². The van der Waals surface area contributed by atoms with Gasteiger partial charge in [0.05, 0.1) is 5.02 Å². The Morgan fingerprint density at radius 3 is 2.53 bits per heavy atom. The van der Waals surface area contributed by atoms with Crippen LogP contribution in [0, 0.1) is 5.21 Å². The molecule has 0 N–H and O–H groups in total. The molecule has 0 unspecified atom stereocenters. The summed E-state index contributed by atoms with van der Waals surface area (Å²) in [6, 6.07) is 5.20. The maximum Gasteiger partial charge on any atom is 0.218 e. The highest BCUT2D eigenvalue weighted by atomic mass is 35.5. The molecule has 1 aromatic heterocycles. The Morgan fingerprint density at radius 2 is 1.95 bits per heavy atom. The van der Waals surface area contributed by atoms with E-state index in [1.54, 1.807) is 18.2 Å². The van der Waals surface area contributed by atoms with E-state index in [9.17, 15) is 5.21 Å². The predicted octanol–water partition coefficient (Wildman–Crippen LogP) is 3.81. The Labute approximate surface area is 122 Å². The first-order chi connectivity index (χ1) is 9.06. The van der Waals surface area contributed by atoms with E-state index in [1.165, 1.54) is 6.20 Å². The van der Waals surface area contributed by atoms with Crippen molar-refractivity contribution in [2.75, 3.05) is 0 Å². The van der Waals surface area contributed by atoms with E-state index in [0.29, 0.717) is 34.3 Å². The molecule has 5 heteroatoms. The van der Waals surface area contributed by atoms with Crippen LogP contribution in [-0.2, 0) is 12.8 Å². The second-order valence-corrected chi connectivity index (χ2v) is 5.03. The molecule has 1 heterocycles. The van der Waals surface area contributed by atoms with E-state index in [0.717, 1.165) is 16.0 Å². The van der Waals surface area contributed by atoms with Crippen LogP contribution in [0.25, 0.3) is 11.3 Å². The van der Waals surface area contributed by atoms with Crippen LogP contribution in [0.5, 0.6) is 0 Å². The monoisotopic (exact) mass is 296 g/mol. The molecule has 0 aliphatic rings. The van der Waals surface area contributed by atoms with Crippen LogP contribution in [-0.4, -0.2) is 4.98 Å². The Kier molecular flexibility index (Phi) is 4.27. The maximum absolute atomic E-state index is 12.0. The fourth-order valence-corrected chi connectivity index (χ4v) is 2.44. The fraction of sp³-hybridized carbons (Fsp3) is 0.286. The van der Waals surface area contributed by atoms with Crippen molar-refractivity contribution in [3.8, 4) is 11.3 Å². The van der Waals surface area contributed by atoms with Crippen molar-refractivity contribution >= 4 is 23.2 Å². The van der Waals surface area contributed by atoms with Crippen molar-refractivity contribution in [2.24, 2.45) is 0 Å². The van der Waals surface area contributed by atoms with E-state index in [-0.39, 0.29) is 0 Å². The molecule has 2 rings (SSSR count). The first-order valence-corrected chi connectivity index (χ1v) is 6.89. The second-order valence-electron chi connectivity index (χ2n) is 4.18. The van der Waals surface area contributed by atoms with Crippen molar-refractivity contribution in [2.45, 2.75) is 26.7 Å². The van der Waals surface area contributed by atoms with Crippen LogP contribution in [0.2, 0.25) is 10.0 Å². The molecule has 0 bridgehead atoms. The van der Waals surface area contributed by atoms with E-state index in [2.05, 4.69) is 4.98 Å². The normalized spacial score (nSPS) is 10.7. The Balaban J connectivity index is 2.69.